The summed E-state index contributed by atoms with van der Waals surface area (Å²) in [4.78, 5) is 23.6. The van der Waals surface area contributed by atoms with Gasteiger partial charge in [-0.2, -0.15) is 0 Å². The number of amides is 1. The van der Waals surface area contributed by atoms with Gasteiger partial charge in [-0.1, -0.05) is 15.9 Å². The third kappa shape index (κ3) is 2.50. The molecule has 0 radical (unpaired) electrons. The molecule has 1 saturated heterocycles. The molecule has 1 aliphatic rings. The lowest BCUT2D eigenvalue weighted by Gasteiger charge is -2.17. The van der Waals surface area contributed by atoms with Gasteiger partial charge in [-0.05, 0) is 22.0 Å². The highest BCUT2D eigenvalue weighted by Crippen LogP contribution is 2.34. The summed E-state index contributed by atoms with van der Waals surface area (Å²) in [5, 5.41) is 10.7. The van der Waals surface area contributed by atoms with E-state index in [-0.39, 0.29) is 16.4 Å². The number of nitro benzene ring substituents is 1. The van der Waals surface area contributed by atoms with Crippen LogP contribution in [0.3, 0.4) is 0 Å². The first kappa shape index (κ1) is 12.5. The topological polar surface area (TPSA) is 63.5 Å². The molecule has 0 spiro atoms. The first-order valence-corrected chi connectivity index (χ1v) is 6.58. The summed E-state index contributed by atoms with van der Waals surface area (Å²) in [5.41, 5.74) is 0.528. The summed E-state index contributed by atoms with van der Waals surface area (Å²) in [6.45, 7) is 0.526. The normalized spacial score (nSPS) is 19.8. The van der Waals surface area contributed by atoms with Crippen LogP contribution in [0.4, 0.5) is 11.4 Å². The van der Waals surface area contributed by atoms with Gasteiger partial charge in [0, 0.05) is 34.4 Å². The Labute approximate surface area is 114 Å². The van der Waals surface area contributed by atoms with Gasteiger partial charge in [0.15, 0.2) is 0 Å². The predicted molar refractivity (Wildman–Crippen MR) is 70.5 cm³/mol. The average molecular weight is 364 g/mol. The number of hydrogen-bond donors (Lipinski definition) is 0. The van der Waals surface area contributed by atoms with Crippen molar-refractivity contribution in [1.29, 1.82) is 0 Å². The molecule has 2 rings (SSSR count). The van der Waals surface area contributed by atoms with Crippen LogP contribution in [-0.2, 0) is 4.79 Å². The van der Waals surface area contributed by atoms with Crippen LogP contribution < -0.4 is 4.90 Å². The van der Waals surface area contributed by atoms with E-state index in [1.54, 1.807) is 11.0 Å². The molecule has 0 aromatic heterocycles. The molecule has 90 valence electrons. The van der Waals surface area contributed by atoms with Gasteiger partial charge < -0.3 is 4.90 Å². The summed E-state index contributed by atoms with van der Waals surface area (Å²) < 4.78 is 0.679. The van der Waals surface area contributed by atoms with Crippen LogP contribution in [-0.4, -0.2) is 22.2 Å². The lowest BCUT2D eigenvalue weighted by molar-refractivity contribution is -0.384. The zero-order valence-electron chi connectivity index (χ0n) is 8.60. The van der Waals surface area contributed by atoms with Crippen molar-refractivity contribution in [3.05, 3.63) is 32.8 Å². The summed E-state index contributed by atoms with van der Waals surface area (Å²) in [5.74, 6) is -0.0342. The van der Waals surface area contributed by atoms with Crippen molar-refractivity contribution in [2.45, 2.75) is 11.2 Å². The van der Waals surface area contributed by atoms with E-state index in [0.717, 1.165) is 0 Å². The molecule has 1 fully saturated rings. The predicted octanol–water partition coefficient (Wildman–Crippen LogP) is 2.86. The fourth-order valence-corrected chi connectivity index (χ4v) is 2.75. The zero-order valence-corrected chi connectivity index (χ0v) is 11.8. The molecule has 7 heteroatoms. The highest BCUT2D eigenvalue weighted by Gasteiger charge is 2.30. The number of halogens is 2. The number of anilines is 1. The first-order valence-electron chi connectivity index (χ1n) is 4.87. The third-order valence-corrected chi connectivity index (χ3v) is 3.79. The Hall–Kier alpha value is -0.950. The Morgan fingerprint density at radius 1 is 1.47 bits per heavy atom. The smallest absolute Gasteiger partial charge is 0.271 e. The second kappa shape index (κ2) is 4.73. The van der Waals surface area contributed by atoms with E-state index in [2.05, 4.69) is 31.9 Å². The number of nitrogens with zero attached hydrogens (tertiary/aromatic N) is 2. The molecule has 5 nitrogen and oxygen atoms in total. The van der Waals surface area contributed by atoms with Gasteiger partial charge in [0.25, 0.3) is 5.69 Å². The Balaban J connectivity index is 2.41. The maximum absolute atomic E-state index is 11.7. The van der Waals surface area contributed by atoms with Crippen molar-refractivity contribution in [1.82, 2.24) is 0 Å². The van der Waals surface area contributed by atoms with Gasteiger partial charge in [-0.3, -0.25) is 14.9 Å². The lowest BCUT2D eigenvalue weighted by atomic mass is 10.2. The number of nitro groups is 1. The summed E-state index contributed by atoms with van der Waals surface area (Å²) in [6, 6.07) is 4.40. The van der Waals surface area contributed by atoms with Crippen LogP contribution in [0.1, 0.15) is 6.42 Å². The average Bonchev–Trinajstić information content (AvgIpc) is 2.58. The van der Waals surface area contributed by atoms with E-state index in [0.29, 0.717) is 23.1 Å². The number of alkyl halides is 1. The Kier molecular flexibility index (Phi) is 3.48. The Bertz CT molecular complexity index is 492. The molecule has 1 aliphatic heterocycles. The SMILES string of the molecule is O=C1CC(Br)CN1c1cc([N+](=O)[O-])ccc1Br. The van der Waals surface area contributed by atoms with Crippen LogP contribution >= 0.6 is 31.9 Å². The molecule has 1 aromatic carbocycles. The highest BCUT2D eigenvalue weighted by atomic mass is 79.9. The quantitative estimate of drug-likeness (QED) is 0.461. The van der Waals surface area contributed by atoms with Crippen molar-refractivity contribution >= 4 is 49.1 Å². The molecule has 1 unspecified atom stereocenters. The van der Waals surface area contributed by atoms with Gasteiger partial charge in [-0.15, -0.1) is 0 Å². The van der Waals surface area contributed by atoms with Crippen molar-refractivity contribution < 1.29 is 9.72 Å². The fourth-order valence-electron chi connectivity index (χ4n) is 1.72. The van der Waals surface area contributed by atoms with Gasteiger partial charge in [0.1, 0.15) is 0 Å². The molecule has 1 atom stereocenters. The highest BCUT2D eigenvalue weighted by molar-refractivity contribution is 9.10. The van der Waals surface area contributed by atoms with E-state index in [1.165, 1.54) is 12.1 Å². The minimum Gasteiger partial charge on any atom is -0.310 e. The number of hydrogen-bond acceptors (Lipinski definition) is 3. The van der Waals surface area contributed by atoms with Crippen molar-refractivity contribution in [2.75, 3.05) is 11.4 Å². The molecular formula is C10H8Br2N2O3. The molecule has 1 heterocycles. The van der Waals surface area contributed by atoms with Crippen LogP contribution in [0.2, 0.25) is 0 Å². The molecular weight excluding hydrogens is 356 g/mol. The summed E-state index contributed by atoms with van der Waals surface area (Å²) >= 11 is 6.68. The van der Waals surface area contributed by atoms with E-state index in [4.69, 9.17) is 0 Å². The van der Waals surface area contributed by atoms with E-state index in [1.807, 2.05) is 0 Å². The van der Waals surface area contributed by atoms with Crippen molar-refractivity contribution in [3.63, 3.8) is 0 Å². The molecule has 0 N–H and O–H groups in total. The van der Waals surface area contributed by atoms with E-state index < -0.39 is 4.92 Å². The molecule has 0 bridgehead atoms. The molecule has 17 heavy (non-hydrogen) atoms. The van der Waals surface area contributed by atoms with Crippen LogP contribution in [0.25, 0.3) is 0 Å². The number of carbonyl (C=O) groups is 1. The molecule has 1 aromatic rings. The van der Waals surface area contributed by atoms with E-state index in [9.17, 15) is 14.9 Å². The van der Waals surface area contributed by atoms with Crippen molar-refractivity contribution in [3.8, 4) is 0 Å². The molecule has 1 amide bonds. The van der Waals surface area contributed by atoms with Crippen molar-refractivity contribution in [2.24, 2.45) is 0 Å². The fraction of sp³-hybridized carbons (Fsp3) is 0.300. The van der Waals surface area contributed by atoms with Crippen LogP contribution in [0, 0.1) is 10.1 Å². The minimum atomic E-state index is -0.470. The summed E-state index contributed by atoms with van der Waals surface area (Å²) in [6.07, 6.45) is 0.412. The zero-order chi connectivity index (χ0) is 12.6. The lowest BCUT2D eigenvalue weighted by Crippen LogP contribution is -2.24. The van der Waals surface area contributed by atoms with Crippen LogP contribution in [0.15, 0.2) is 22.7 Å². The van der Waals surface area contributed by atoms with Crippen LogP contribution in [0.5, 0.6) is 0 Å². The second-order valence-corrected chi connectivity index (χ2v) is 5.85. The Morgan fingerprint density at radius 3 is 2.71 bits per heavy atom. The second-order valence-electron chi connectivity index (χ2n) is 3.70. The number of carbonyl (C=O) groups excluding carboxylic acids is 1. The first-order chi connectivity index (χ1) is 7.99. The molecule has 0 saturated carbocycles. The van der Waals surface area contributed by atoms with Gasteiger partial charge in [-0.25, -0.2) is 0 Å². The van der Waals surface area contributed by atoms with Gasteiger partial charge >= 0.3 is 0 Å². The molecule has 0 aliphatic carbocycles. The Morgan fingerprint density at radius 2 is 2.18 bits per heavy atom. The monoisotopic (exact) mass is 362 g/mol. The summed E-state index contributed by atoms with van der Waals surface area (Å²) in [7, 11) is 0. The largest absolute Gasteiger partial charge is 0.310 e. The number of rotatable bonds is 2. The van der Waals surface area contributed by atoms with E-state index >= 15 is 0 Å². The minimum absolute atomic E-state index is 0.0194. The number of benzene rings is 1. The number of non-ortho nitro benzene ring substituents is 1. The van der Waals surface area contributed by atoms with Gasteiger partial charge in [0.2, 0.25) is 5.91 Å². The maximum atomic E-state index is 11.7. The maximum Gasteiger partial charge on any atom is 0.271 e. The standard InChI is InChI=1S/C10H8Br2N2O3/c11-6-3-10(15)13(5-6)9-4-7(14(16)17)1-2-8(9)12/h1-2,4,6H,3,5H2. The van der Waals surface area contributed by atoms with Gasteiger partial charge in [0.05, 0.1) is 10.6 Å². The third-order valence-electron chi connectivity index (χ3n) is 2.51.